The smallest absolute Gasteiger partial charge is 0.363 e. The SMILES string of the molecule is Cc1ccc(/C=C2/N=C(c3ccc(Cl)cc3Cl)OC2=O)s1. The molecule has 3 nitrogen and oxygen atoms in total. The van der Waals surface area contributed by atoms with Crippen molar-refractivity contribution < 1.29 is 9.53 Å². The number of aliphatic imine (C=N–C) groups is 1. The van der Waals surface area contributed by atoms with Crippen molar-refractivity contribution in [2.24, 2.45) is 4.99 Å². The molecule has 1 aromatic carbocycles. The van der Waals surface area contributed by atoms with Gasteiger partial charge in [0.05, 0.1) is 10.6 Å². The third kappa shape index (κ3) is 3.02. The zero-order valence-electron chi connectivity index (χ0n) is 10.9. The molecule has 106 valence electrons. The van der Waals surface area contributed by atoms with Crippen molar-refractivity contribution in [3.63, 3.8) is 0 Å². The standard InChI is InChI=1S/C15H9Cl2NO2S/c1-8-2-4-10(21-8)7-13-15(19)20-14(18-13)11-5-3-9(16)6-12(11)17/h2-7H,1H3/b13-7+. The van der Waals surface area contributed by atoms with Crippen LogP contribution in [0.25, 0.3) is 6.08 Å². The lowest BCUT2D eigenvalue weighted by atomic mass is 10.2. The second-order valence-corrected chi connectivity index (χ2v) is 6.57. The van der Waals surface area contributed by atoms with E-state index >= 15 is 0 Å². The largest absolute Gasteiger partial charge is 0.402 e. The summed E-state index contributed by atoms with van der Waals surface area (Å²) >= 11 is 13.5. The molecule has 1 aliphatic rings. The molecule has 0 atom stereocenters. The first-order chi connectivity index (χ1) is 10.0. The van der Waals surface area contributed by atoms with Gasteiger partial charge in [-0.1, -0.05) is 23.2 Å². The zero-order chi connectivity index (χ0) is 15.0. The molecule has 2 heterocycles. The van der Waals surface area contributed by atoms with Gasteiger partial charge in [-0.2, -0.15) is 0 Å². The molecule has 0 saturated heterocycles. The van der Waals surface area contributed by atoms with Crippen molar-refractivity contribution in [2.75, 3.05) is 0 Å². The second kappa shape index (κ2) is 5.64. The van der Waals surface area contributed by atoms with Crippen molar-refractivity contribution >= 4 is 52.5 Å². The zero-order valence-corrected chi connectivity index (χ0v) is 13.2. The summed E-state index contributed by atoms with van der Waals surface area (Å²) in [5.41, 5.74) is 0.804. The van der Waals surface area contributed by atoms with Gasteiger partial charge in [0.2, 0.25) is 5.90 Å². The molecule has 0 spiro atoms. The fourth-order valence-corrected chi connectivity index (χ4v) is 3.16. The number of hydrogen-bond donors (Lipinski definition) is 0. The van der Waals surface area contributed by atoms with Gasteiger partial charge in [-0.05, 0) is 43.3 Å². The van der Waals surface area contributed by atoms with Gasteiger partial charge >= 0.3 is 5.97 Å². The molecule has 3 rings (SSSR count). The number of ether oxygens (including phenoxy) is 1. The molecule has 0 unspecified atom stereocenters. The van der Waals surface area contributed by atoms with Gasteiger partial charge in [0.1, 0.15) is 0 Å². The number of hydrogen-bond acceptors (Lipinski definition) is 4. The van der Waals surface area contributed by atoms with E-state index in [1.165, 1.54) is 0 Å². The number of carbonyl (C=O) groups is 1. The minimum atomic E-state index is -0.484. The first-order valence-corrected chi connectivity index (χ1v) is 7.64. The predicted octanol–water partition coefficient (Wildman–Crippen LogP) is 4.71. The maximum absolute atomic E-state index is 11.9. The van der Waals surface area contributed by atoms with Crippen LogP contribution in [0, 0.1) is 6.92 Å². The maximum atomic E-state index is 11.9. The van der Waals surface area contributed by atoms with Gasteiger partial charge in [0.15, 0.2) is 5.70 Å². The Morgan fingerprint density at radius 2 is 2.05 bits per heavy atom. The first kappa shape index (κ1) is 14.3. The number of benzene rings is 1. The van der Waals surface area contributed by atoms with Gasteiger partial charge in [-0.3, -0.25) is 0 Å². The number of halogens is 2. The van der Waals surface area contributed by atoms with E-state index in [9.17, 15) is 4.79 Å². The lowest BCUT2D eigenvalue weighted by molar-refractivity contribution is -0.129. The van der Waals surface area contributed by atoms with Crippen LogP contribution in [0.2, 0.25) is 10.0 Å². The van der Waals surface area contributed by atoms with E-state index < -0.39 is 5.97 Å². The van der Waals surface area contributed by atoms with Gasteiger partial charge in [0.25, 0.3) is 0 Å². The Kier molecular flexibility index (Phi) is 3.85. The van der Waals surface area contributed by atoms with Crippen LogP contribution in [0.3, 0.4) is 0 Å². The molecule has 0 saturated carbocycles. The third-order valence-electron chi connectivity index (χ3n) is 2.82. The van der Waals surface area contributed by atoms with E-state index in [1.807, 2.05) is 19.1 Å². The molecule has 0 radical (unpaired) electrons. The number of esters is 1. The van der Waals surface area contributed by atoms with Crippen LogP contribution in [0.1, 0.15) is 15.3 Å². The van der Waals surface area contributed by atoms with Crippen LogP contribution in [0.15, 0.2) is 41.0 Å². The third-order valence-corrected chi connectivity index (χ3v) is 4.32. The van der Waals surface area contributed by atoms with E-state index in [0.29, 0.717) is 15.6 Å². The Morgan fingerprint density at radius 3 is 2.71 bits per heavy atom. The Hall–Kier alpha value is -1.62. The lowest BCUT2D eigenvalue weighted by Crippen LogP contribution is -2.05. The molecule has 6 heteroatoms. The first-order valence-electron chi connectivity index (χ1n) is 6.07. The molecule has 0 fully saturated rings. The van der Waals surface area contributed by atoms with E-state index in [-0.39, 0.29) is 11.6 Å². The van der Waals surface area contributed by atoms with Crippen molar-refractivity contribution in [1.82, 2.24) is 0 Å². The van der Waals surface area contributed by atoms with Gasteiger partial charge < -0.3 is 4.74 Å². The van der Waals surface area contributed by atoms with Crippen molar-refractivity contribution in [1.29, 1.82) is 0 Å². The van der Waals surface area contributed by atoms with Crippen LogP contribution in [-0.4, -0.2) is 11.9 Å². The molecule has 0 N–H and O–H groups in total. The quantitative estimate of drug-likeness (QED) is 0.588. The molecule has 21 heavy (non-hydrogen) atoms. The molecule has 1 aromatic heterocycles. The maximum Gasteiger partial charge on any atom is 0.363 e. The highest BCUT2D eigenvalue weighted by Crippen LogP contribution is 2.27. The van der Waals surface area contributed by atoms with E-state index in [0.717, 1.165) is 9.75 Å². The highest BCUT2D eigenvalue weighted by atomic mass is 35.5. The Balaban J connectivity index is 1.97. The highest BCUT2D eigenvalue weighted by molar-refractivity contribution is 7.12. The van der Waals surface area contributed by atoms with Crippen molar-refractivity contribution in [2.45, 2.75) is 6.92 Å². The summed E-state index contributed by atoms with van der Waals surface area (Å²) in [6.07, 6.45) is 1.71. The fourth-order valence-electron chi connectivity index (χ4n) is 1.85. The second-order valence-electron chi connectivity index (χ2n) is 4.41. The monoisotopic (exact) mass is 337 g/mol. The summed E-state index contributed by atoms with van der Waals surface area (Å²) in [6, 6.07) is 8.85. The van der Waals surface area contributed by atoms with Crippen LogP contribution >= 0.6 is 34.5 Å². The number of thiophene rings is 1. The minimum Gasteiger partial charge on any atom is -0.402 e. The fraction of sp³-hybridized carbons (Fsp3) is 0.0667. The van der Waals surface area contributed by atoms with Crippen LogP contribution in [0.4, 0.5) is 0 Å². The predicted molar refractivity (Wildman–Crippen MR) is 86.1 cm³/mol. The van der Waals surface area contributed by atoms with Gasteiger partial charge in [-0.25, -0.2) is 9.79 Å². The summed E-state index contributed by atoms with van der Waals surface area (Å²) in [4.78, 5) is 18.2. The summed E-state index contributed by atoms with van der Waals surface area (Å²) in [5, 5.41) is 0.903. The highest BCUT2D eigenvalue weighted by Gasteiger charge is 2.25. The number of carbonyl (C=O) groups excluding carboxylic acids is 1. The lowest BCUT2D eigenvalue weighted by Gasteiger charge is -2.02. The van der Waals surface area contributed by atoms with Crippen LogP contribution in [0.5, 0.6) is 0 Å². The molecular formula is C15H9Cl2NO2S. The molecule has 0 aliphatic carbocycles. The molecule has 2 aromatic rings. The summed E-state index contributed by atoms with van der Waals surface area (Å²) in [7, 11) is 0. The van der Waals surface area contributed by atoms with Crippen molar-refractivity contribution in [3.05, 3.63) is 61.4 Å². The summed E-state index contributed by atoms with van der Waals surface area (Å²) in [5.74, 6) is -0.289. The van der Waals surface area contributed by atoms with Crippen LogP contribution in [-0.2, 0) is 9.53 Å². The normalized spacial score (nSPS) is 16.2. The van der Waals surface area contributed by atoms with E-state index in [2.05, 4.69) is 4.99 Å². The summed E-state index contributed by atoms with van der Waals surface area (Å²) < 4.78 is 5.18. The molecule has 1 aliphatic heterocycles. The number of cyclic esters (lactones) is 1. The average Bonchev–Trinajstić information content (AvgIpc) is 2.97. The van der Waals surface area contributed by atoms with Gasteiger partial charge in [-0.15, -0.1) is 11.3 Å². The van der Waals surface area contributed by atoms with Gasteiger partial charge in [0, 0.05) is 14.8 Å². The Morgan fingerprint density at radius 1 is 1.24 bits per heavy atom. The summed E-state index contributed by atoms with van der Waals surface area (Å²) in [6.45, 7) is 2.00. The minimum absolute atomic E-state index is 0.196. The number of aryl methyl sites for hydroxylation is 1. The average molecular weight is 338 g/mol. The molecule has 0 amide bonds. The number of nitrogens with zero attached hydrogens (tertiary/aromatic N) is 1. The number of rotatable bonds is 2. The van der Waals surface area contributed by atoms with E-state index in [4.69, 9.17) is 27.9 Å². The van der Waals surface area contributed by atoms with Crippen molar-refractivity contribution in [3.8, 4) is 0 Å². The Labute approximate surface area is 135 Å². The van der Waals surface area contributed by atoms with E-state index in [1.54, 1.807) is 35.6 Å². The topological polar surface area (TPSA) is 38.7 Å². The van der Waals surface area contributed by atoms with Crippen LogP contribution < -0.4 is 0 Å². The Bertz CT molecular complexity index is 793. The molecular weight excluding hydrogens is 329 g/mol. The molecule has 0 bridgehead atoms.